The molecule has 0 bridgehead atoms. The molecule has 2 nitrogen and oxygen atoms in total. The Morgan fingerprint density at radius 1 is 0.810 bits per heavy atom. The van der Waals surface area contributed by atoms with E-state index in [0.29, 0.717) is 5.76 Å². The molecule has 0 saturated carbocycles. The minimum Gasteiger partial charge on any atom is -0.493 e. The molecule has 0 saturated heterocycles. The Hall–Kier alpha value is -2.48. The van der Waals surface area contributed by atoms with Gasteiger partial charge in [0.25, 0.3) is 0 Å². The Morgan fingerprint density at radius 3 is 1.90 bits per heavy atom. The van der Waals surface area contributed by atoms with Gasteiger partial charge in [0.2, 0.25) is 0 Å². The second-order valence-corrected chi connectivity index (χ2v) is 4.65. The second kappa shape index (κ2) is 7.34. The van der Waals surface area contributed by atoms with E-state index in [1.54, 1.807) is 14.2 Å². The van der Waals surface area contributed by atoms with E-state index in [0.717, 1.165) is 22.5 Å². The van der Waals surface area contributed by atoms with Crippen molar-refractivity contribution in [3.05, 3.63) is 83.3 Å². The van der Waals surface area contributed by atoms with Gasteiger partial charge in [0.1, 0.15) is 0 Å². The van der Waals surface area contributed by atoms with Gasteiger partial charge in [-0.15, -0.1) is 0 Å². The van der Waals surface area contributed by atoms with Gasteiger partial charge in [-0.3, -0.25) is 0 Å². The van der Waals surface area contributed by atoms with Gasteiger partial charge in [0, 0.05) is 5.57 Å². The molecule has 2 heteroatoms. The third-order valence-electron chi connectivity index (χ3n) is 3.29. The molecule has 0 fully saturated rings. The van der Waals surface area contributed by atoms with Gasteiger partial charge >= 0.3 is 0 Å². The second-order valence-electron chi connectivity index (χ2n) is 4.65. The SMILES string of the molecule is COC(=Cc1ccccc1)C(OC)=C(C)c1ccccc1. The molecule has 2 aromatic rings. The van der Waals surface area contributed by atoms with Crippen LogP contribution in [0.5, 0.6) is 0 Å². The van der Waals surface area contributed by atoms with Gasteiger partial charge in [-0.05, 0) is 24.1 Å². The highest BCUT2D eigenvalue weighted by Gasteiger charge is 2.11. The van der Waals surface area contributed by atoms with Crippen LogP contribution in [-0.2, 0) is 9.47 Å². The van der Waals surface area contributed by atoms with Crippen molar-refractivity contribution in [3.8, 4) is 0 Å². The Bertz CT molecular complexity index is 625. The fourth-order valence-corrected chi connectivity index (χ4v) is 2.18. The zero-order valence-electron chi connectivity index (χ0n) is 12.7. The lowest BCUT2D eigenvalue weighted by Gasteiger charge is -2.14. The molecule has 0 spiro atoms. The summed E-state index contributed by atoms with van der Waals surface area (Å²) in [5.74, 6) is 1.46. The van der Waals surface area contributed by atoms with Crippen LogP contribution in [0.4, 0.5) is 0 Å². The lowest BCUT2D eigenvalue weighted by molar-refractivity contribution is 0.224. The quantitative estimate of drug-likeness (QED) is 0.581. The van der Waals surface area contributed by atoms with Crippen molar-refractivity contribution < 1.29 is 9.47 Å². The van der Waals surface area contributed by atoms with Gasteiger partial charge in [-0.2, -0.15) is 0 Å². The molecule has 0 radical (unpaired) electrons. The fourth-order valence-electron chi connectivity index (χ4n) is 2.18. The number of methoxy groups -OCH3 is 2. The minimum atomic E-state index is 0.713. The van der Waals surface area contributed by atoms with E-state index in [1.165, 1.54) is 0 Å². The molecule has 0 atom stereocenters. The first-order valence-corrected chi connectivity index (χ1v) is 6.87. The monoisotopic (exact) mass is 280 g/mol. The van der Waals surface area contributed by atoms with Crippen LogP contribution in [0.15, 0.2) is 72.2 Å². The first-order chi connectivity index (χ1) is 10.3. The lowest BCUT2D eigenvalue weighted by Crippen LogP contribution is -1.99. The van der Waals surface area contributed by atoms with Crippen molar-refractivity contribution >= 4 is 11.6 Å². The minimum absolute atomic E-state index is 0.713. The molecule has 2 rings (SSSR count). The number of hydrogen-bond acceptors (Lipinski definition) is 2. The predicted molar refractivity (Wildman–Crippen MR) is 87.5 cm³/mol. The standard InChI is InChI=1S/C19H20O2/c1-15(17-12-8-5-9-13-17)19(21-3)18(20-2)14-16-10-6-4-7-11-16/h4-14H,1-3H3. The number of rotatable bonds is 5. The van der Waals surface area contributed by atoms with E-state index in [-0.39, 0.29) is 0 Å². The Morgan fingerprint density at radius 2 is 1.38 bits per heavy atom. The maximum absolute atomic E-state index is 5.58. The Kier molecular flexibility index (Phi) is 5.22. The normalized spacial score (nSPS) is 12.6. The highest BCUT2D eigenvalue weighted by Crippen LogP contribution is 2.25. The first-order valence-electron chi connectivity index (χ1n) is 6.87. The van der Waals surface area contributed by atoms with Gasteiger partial charge in [0.05, 0.1) is 14.2 Å². The van der Waals surface area contributed by atoms with Crippen molar-refractivity contribution in [3.63, 3.8) is 0 Å². The van der Waals surface area contributed by atoms with Crippen LogP contribution in [0, 0.1) is 0 Å². The molecule has 0 amide bonds. The molecule has 0 aliphatic heterocycles. The molecular formula is C19H20O2. The van der Waals surface area contributed by atoms with Crippen LogP contribution in [0.1, 0.15) is 18.1 Å². The third-order valence-corrected chi connectivity index (χ3v) is 3.29. The molecule has 0 N–H and O–H groups in total. The van der Waals surface area contributed by atoms with Crippen molar-refractivity contribution in [2.24, 2.45) is 0 Å². The van der Waals surface area contributed by atoms with Gasteiger partial charge in [0.15, 0.2) is 11.5 Å². The van der Waals surface area contributed by atoms with E-state index < -0.39 is 0 Å². The summed E-state index contributed by atoms with van der Waals surface area (Å²) in [5, 5.41) is 0. The average molecular weight is 280 g/mol. The summed E-state index contributed by atoms with van der Waals surface area (Å²) in [4.78, 5) is 0. The van der Waals surface area contributed by atoms with Crippen molar-refractivity contribution in [1.29, 1.82) is 0 Å². The van der Waals surface area contributed by atoms with Gasteiger partial charge in [-0.25, -0.2) is 0 Å². The van der Waals surface area contributed by atoms with E-state index >= 15 is 0 Å². The molecule has 0 aliphatic rings. The molecule has 0 unspecified atom stereocenters. The van der Waals surface area contributed by atoms with Crippen molar-refractivity contribution in [2.45, 2.75) is 6.92 Å². The van der Waals surface area contributed by atoms with Crippen molar-refractivity contribution in [2.75, 3.05) is 14.2 Å². The summed E-state index contributed by atoms with van der Waals surface area (Å²) in [6.45, 7) is 2.03. The lowest BCUT2D eigenvalue weighted by atomic mass is 10.0. The number of hydrogen-bond donors (Lipinski definition) is 0. The van der Waals surface area contributed by atoms with Crippen LogP contribution < -0.4 is 0 Å². The first kappa shape index (κ1) is 14.9. The number of benzene rings is 2. The highest BCUT2D eigenvalue weighted by molar-refractivity contribution is 5.71. The highest BCUT2D eigenvalue weighted by atomic mass is 16.5. The van der Waals surface area contributed by atoms with Crippen LogP contribution in [0.3, 0.4) is 0 Å². The molecule has 0 aromatic heterocycles. The van der Waals surface area contributed by atoms with Crippen LogP contribution >= 0.6 is 0 Å². The summed E-state index contributed by atoms with van der Waals surface area (Å²) in [6, 6.07) is 20.2. The number of allylic oxidation sites excluding steroid dienone is 1. The van der Waals surface area contributed by atoms with E-state index in [9.17, 15) is 0 Å². The van der Waals surface area contributed by atoms with Crippen LogP contribution in [-0.4, -0.2) is 14.2 Å². The topological polar surface area (TPSA) is 18.5 Å². The third kappa shape index (κ3) is 3.76. The molecule has 2 aromatic carbocycles. The predicted octanol–water partition coefficient (Wildman–Crippen LogP) is 4.75. The molecular weight excluding hydrogens is 260 g/mol. The van der Waals surface area contributed by atoms with E-state index in [2.05, 4.69) is 12.1 Å². The average Bonchev–Trinajstić information content (AvgIpc) is 2.56. The van der Waals surface area contributed by atoms with Crippen LogP contribution in [0.25, 0.3) is 11.6 Å². The summed E-state index contributed by atoms with van der Waals surface area (Å²) in [6.07, 6.45) is 1.98. The molecule has 0 heterocycles. The largest absolute Gasteiger partial charge is 0.493 e. The smallest absolute Gasteiger partial charge is 0.164 e. The zero-order chi connectivity index (χ0) is 15.1. The molecule has 0 aliphatic carbocycles. The number of ether oxygens (including phenoxy) is 2. The van der Waals surface area contributed by atoms with Gasteiger partial charge in [-0.1, -0.05) is 60.7 Å². The van der Waals surface area contributed by atoms with Crippen molar-refractivity contribution in [1.82, 2.24) is 0 Å². The Labute approximate surface area is 126 Å². The van der Waals surface area contributed by atoms with E-state index in [1.807, 2.05) is 61.5 Å². The summed E-state index contributed by atoms with van der Waals surface area (Å²) in [5.41, 5.74) is 3.23. The zero-order valence-corrected chi connectivity index (χ0v) is 12.7. The Balaban J connectivity index is 2.45. The van der Waals surface area contributed by atoms with E-state index in [4.69, 9.17) is 9.47 Å². The molecule has 108 valence electrons. The summed E-state index contributed by atoms with van der Waals surface area (Å²) < 4.78 is 11.1. The summed E-state index contributed by atoms with van der Waals surface area (Å²) in [7, 11) is 3.33. The van der Waals surface area contributed by atoms with Crippen LogP contribution in [0.2, 0.25) is 0 Å². The summed E-state index contributed by atoms with van der Waals surface area (Å²) >= 11 is 0. The maximum atomic E-state index is 5.58. The molecule has 21 heavy (non-hydrogen) atoms. The van der Waals surface area contributed by atoms with Gasteiger partial charge < -0.3 is 9.47 Å². The maximum Gasteiger partial charge on any atom is 0.164 e. The fraction of sp³-hybridized carbons (Fsp3) is 0.158.